The van der Waals surface area contributed by atoms with Gasteiger partial charge in [0.25, 0.3) is 5.91 Å². The number of nitrogens with one attached hydrogen (secondary N) is 2. The minimum Gasteiger partial charge on any atom is -0.329 e. The Morgan fingerprint density at radius 2 is 2.00 bits per heavy atom. The molecule has 4 nitrogen and oxygen atoms in total. The SMILES string of the molecule is O=C(Nc1cc[nH]c(=O)c1)c1ccccc1F. The summed E-state index contributed by atoms with van der Waals surface area (Å²) in [7, 11) is 0. The van der Waals surface area contributed by atoms with Crippen molar-refractivity contribution < 1.29 is 9.18 Å². The molecule has 0 fully saturated rings. The topological polar surface area (TPSA) is 62.0 Å². The lowest BCUT2D eigenvalue weighted by molar-refractivity contribution is 0.102. The Labute approximate surface area is 96.1 Å². The molecule has 0 radical (unpaired) electrons. The number of aromatic amines is 1. The summed E-state index contributed by atoms with van der Waals surface area (Å²) in [6.07, 6.45) is 1.40. The van der Waals surface area contributed by atoms with Gasteiger partial charge in [-0.2, -0.15) is 0 Å². The fraction of sp³-hybridized carbons (Fsp3) is 0. The molecule has 0 aliphatic carbocycles. The fourth-order valence-corrected chi connectivity index (χ4v) is 1.37. The second-order valence-electron chi connectivity index (χ2n) is 3.38. The van der Waals surface area contributed by atoms with E-state index >= 15 is 0 Å². The van der Waals surface area contributed by atoms with Crippen molar-refractivity contribution in [3.05, 3.63) is 64.3 Å². The van der Waals surface area contributed by atoms with Crippen LogP contribution in [0.5, 0.6) is 0 Å². The molecule has 0 spiro atoms. The number of pyridine rings is 1. The summed E-state index contributed by atoms with van der Waals surface area (Å²) in [5.41, 5.74) is -0.0777. The number of benzene rings is 1. The summed E-state index contributed by atoms with van der Waals surface area (Å²) in [6, 6.07) is 8.37. The third-order valence-corrected chi connectivity index (χ3v) is 2.15. The quantitative estimate of drug-likeness (QED) is 0.828. The van der Waals surface area contributed by atoms with Crippen LogP contribution in [-0.2, 0) is 0 Å². The lowest BCUT2D eigenvalue weighted by Crippen LogP contribution is -2.15. The first-order valence-corrected chi connectivity index (χ1v) is 4.91. The number of hydrogen-bond acceptors (Lipinski definition) is 2. The van der Waals surface area contributed by atoms with Gasteiger partial charge < -0.3 is 10.3 Å². The van der Waals surface area contributed by atoms with E-state index in [4.69, 9.17) is 0 Å². The van der Waals surface area contributed by atoms with E-state index < -0.39 is 11.7 Å². The van der Waals surface area contributed by atoms with Gasteiger partial charge in [-0.15, -0.1) is 0 Å². The molecule has 2 N–H and O–H groups in total. The van der Waals surface area contributed by atoms with Crippen LogP contribution >= 0.6 is 0 Å². The molecule has 0 unspecified atom stereocenters. The molecule has 0 aliphatic heterocycles. The molecule has 2 aromatic rings. The van der Waals surface area contributed by atoms with Crippen molar-refractivity contribution in [1.29, 1.82) is 0 Å². The zero-order chi connectivity index (χ0) is 12.3. The number of amides is 1. The van der Waals surface area contributed by atoms with E-state index in [1.807, 2.05) is 0 Å². The van der Waals surface area contributed by atoms with Crippen molar-refractivity contribution in [2.45, 2.75) is 0 Å². The number of carbonyl (C=O) groups is 1. The average Bonchev–Trinajstić information content (AvgIpc) is 2.29. The van der Waals surface area contributed by atoms with Gasteiger partial charge in [-0.1, -0.05) is 12.1 Å². The van der Waals surface area contributed by atoms with Gasteiger partial charge in [0.15, 0.2) is 0 Å². The van der Waals surface area contributed by atoms with Gasteiger partial charge in [-0.05, 0) is 18.2 Å². The van der Waals surface area contributed by atoms with Crippen LogP contribution in [0.2, 0.25) is 0 Å². The van der Waals surface area contributed by atoms with Crippen LogP contribution in [0.4, 0.5) is 10.1 Å². The first kappa shape index (κ1) is 11.1. The fourth-order valence-electron chi connectivity index (χ4n) is 1.37. The molecule has 0 saturated carbocycles. The predicted octanol–water partition coefficient (Wildman–Crippen LogP) is 1.77. The highest BCUT2D eigenvalue weighted by Crippen LogP contribution is 2.09. The normalized spacial score (nSPS) is 9.94. The van der Waals surface area contributed by atoms with Crippen LogP contribution in [0.25, 0.3) is 0 Å². The van der Waals surface area contributed by atoms with Crippen molar-refractivity contribution in [3.63, 3.8) is 0 Å². The molecule has 0 saturated heterocycles. The van der Waals surface area contributed by atoms with Gasteiger partial charge in [0.05, 0.1) is 5.56 Å². The molecular formula is C12H9FN2O2. The summed E-state index contributed by atoms with van der Waals surface area (Å²) in [6.45, 7) is 0. The second kappa shape index (κ2) is 4.61. The number of aromatic nitrogens is 1. The van der Waals surface area contributed by atoms with Crippen LogP contribution in [0.15, 0.2) is 47.4 Å². The molecule has 0 bridgehead atoms. The van der Waals surface area contributed by atoms with E-state index in [1.165, 1.54) is 36.5 Å². The molecule has 2 rings (SSSR count). The van der Waals surface area contributed by atoms with Crippen molar-refractivity contribution in [2.24, 2.45) is 0 Å². The van der Waals surface area contributed by atoms with E-state index in [9.17, 15) is 14.0 Å². The van der Waals surface area contributed by atoms with Crippen LogP contribution in [0.1, 0.15) is 10.4 Å². The highest BCUT2D eigenvalue weighted by Gasteiger charge is 2.10. The van der Waals surface area contributed by atoms with Crippen molar-refractivity contribution in [1.82, 2.24) is 4.98 Å². The van der Waals surface area contributed by atoms with Gasteiger partial charge in [-0.25, -0.2) is 4.39 Å². The molecule has 1 amide bonds. The largest absolute Gasteiger partial charge is 0.329 e. The Hall–Kier alpha value is -2.43. The van der Waals surface area contributed by atoms with Gasteiger partial charge >= 0.3 is 0 Å². The third-order valence-electron chi connectivity index (χ3n) is 2.15. The van der Waals surface area contributed by atoms with E-state index in [0.717, 1.165) is 0 Å². The number of anilines is 1. The maximum Gasteiger partial charge on any atom is 0.258 e. The summed E-state index contributed by atoms with van der Waals surface area (Å²) in [5, 5.41) is 2.44. The minimum absolute atomic E-state index is 0.0622. The Kier molecular flexibility index (Phi) is 3.00. The highest BCUT2D eigenvalue weighted by molar-refractivity contribution is 6.04. The molecule has 1 aromatic carbocycles. The third kappa shape index (κ3) is 2.57. The summed E-state index contributed by atoms with van der Waals surface area (Å²) < 4.78 is 13.3. The predicted molar refractivity (Wildman–Crippen MR) is 61.4 cm³/mol. The number of carbonyl (C=O) groups excluding carboxylic acids is 1. The van der Waals surface area contributed by atoms with E-state index in [-0.39, 0.29) is 11.1 Å². The van der Waals surface area contributed by atoms with Crippen LogP contribution in [-0.4, -0.2) is 10.9 Å². The van der Waals surface area contributed by atoms with E-state index in [1.54, 1.807) is 6.07 Å². The monoisotopic (exact) mass is 232 g/mol. The number of hydrogen-bond donors (Lipinski definition) is 2. The number of halogens is 1. The van der Waals surface area contributed by atoms with Gasteiger partial charge in [0.2, 0.25) is 5.56 Å². The molecule has 1 aromatic heterocycles. The van der Waals surface area contributed by atoms with Crippen molar-refractivity contribution in [2.75, 3.05) is 5.32 Å². The zero-order valence-corrected chi connectivity index (χ0v) is 8.74. The zero-order valence-electron chi connectivity index (χ0n) is 8.74. The minimum atomic E-state index is -0.602. The standard InChI is InChI=1S/C12H9FN2O2/c13-10-4-2-1-3-9(10)12(17)15-8-5-6-14-11(16)7-8/h1-7H,(H2,14,15,16,17). The molecule has 17 heavy (non-hydrogen) atoms. The van der Waals surface area contributed by atoms with Crippen LogP contribution in [0.3, 0.4) is 0 Å². The molecule has 1 heterocycles. The van der Waals surface area contributed by atoms with E-state index in [0.29, 0.717) is 5.69 Å². The van der Waals surface area contributed by atoms with Gasteiger partial charge in [0.1, 0.15) is 5.82 Å². The van der Waals surface area contributed by atoms with Crippen LogP contribution < -0.4 is 10.9 Å². The first-order chi connectivity index (χ1) is 8.16. The maximum atomic E-state index is 13.3. The Morgan fingerprint density at radius 1 is 1.24 bits per heavy atom. The molecule has 86 valence electrons. The summed E-state index contributed by atoms with van der Waals surface area (Å²) in [5.74, 6) is -1.19. The van der Waals surface area contributed by atoms with Crippen molar-refractivity contribution in [3.8, 4) is 0 Å². The molecular weight excluding hydrogens is 223 g/mol. The highest BCUT2D eigenvalue weighted by atomic mass is 19.1. The lowest BCUT2D eigenvalue weighted by Gasteiger charge is -2.04. The van der Waals surface area contributed by atoms with Gasteiger partial charge in [-0.3, -0.25) is 9.59 Å². The summed E-state index contributed by atoms with van der Waals surface area (Å²) >= 11 is 0. The molecule has 0 aliphatic rings. The van der Waals surface area contributed by atoms with Crippen LogP contribution in [0, 0.1) is 5.82 Å². The summed E-state index contributed by atoms with van der Waals surface area (Å²) in [4.78, 5) is 25.1. The van der Waals surface area contributed by atoms with E-state index in [2.05, 4.69) is 10.3 Å². The maximum absolute atomic E-state index is 13.3. The first-order valence-electron chi connectivity index (χ1n) is 4.91. The number of H-pyrrole nitrogens is 1. The smallest absolute Gasteiger partial charge is 0.258 e. The lowest BCUT2D eigenvalue weighted by atomic mass is 10.2. The molecule has 0 atom stereocenters. The Morgan fingerprint density at radius 3 is 2.71 bits per heavy atom. The Balaban J connectivity index is 2.23. The van der Waals surface area contributed by atoms with Crippen molar-refractivity contribution >= 4 is 11.6 Å². The number of rotatable bonds is 2. The Bertz CT molecular complexity index is 607. The molecule has 5 heteroatoms. The second-order valence-corrected chi connectivity index (χ2v) is 3.38. The van der Waals surface area contributed by atoms with Gasteiger partial charge in [0, 0.05) is 18.0 Å². The average molecular weight is 232 g/mol.